The van der Waals surface area contributed by atoms with Crippen molar-refractivity contribution in [2.24, 2.45) is 11.7 Å². The molecule has 1 fully saturated rings. The lowest BCUT2D eigenvalue weighted by molar-refractivity contribution is -0.151. The lowest BCUT2D eigenvalue weighted by Gasteiger charge is -2.28. The summed E-state index contributed by atoms with van der Waals surface area (Å²) in [6.45, 7) is 3.36. The van der Waals surface area contributed by atoms with Crippen molar-refractivity contribution in [1.82, 2.24) is 15.5 Å². The summed E-state index contributed by atoms with van der Waals surface area (Å²) in [7, 11) is 0. The molecular formula is C18H28N4O9. The number of carbonyl (C=O) groups excluding carboxylic acids is 3. The molecule has 4 unspecified atom stereocenters. The fourth-order valence-corrected chi connectivity index (χ4v) is 3.09. The highest BCUT2D eigenvalue weighted by atomic mass is 16.4. The molecule has 174 valence electrons. The second-order valence-corrected chi connectivity index (χ2v) is 7.62. The second kappa shape index (κ2) is 11.2. The summed E-state index contributed by atoms with van der Waals surface area (Å²) in [6, 6.07) is -5.44. The van der Waals surface area contributed by atoms with Gasteiger partial charge in [0.15, 0.2) is 0 Å². The number of nitrogens with one attached hydrogen (secondary N) is 2. The Bertz CT molecular complexity index is 740. The summed E-state index contributed by atoms with van der Waals surface area (Å²) in [5, 5.41) is 31.7. The molecule has 0 aromatic heterocycles. The molecule has 13 nitrogen and oxygen atoms in total. The molecule has 1 aliphatic heterocycles. The molecule has 1 rings (SSSR count). The van der Waals surface area contributed by atoms with Crippen LogP contribution in [0.15, 0.2) is 0 Å². The molecule has 0 saturated carbocycles. The molecule has 1 saturated heterocycles. The van der Waals surface area contributed by atoms with Crippen molar-refractivity contribution in [3.05, 3.63) is 0 Å². The van der Waals surface area contributed by atoms with Crippen molar-refractivity contribution < 1.29 is 44.1 Å². The van der Waals surface area contributed by atoms with Crippen LogP contribution in [-0.2, 0) is 28.8 Å². The summed E-state index contributed by atoms with van der Waals surface area (Å²) in [6.07, 6.45) is -1.12. The lowest BCUT2D eigenvalue weighted by atomic mass is 10.0. The third kappa shape index (κ3) is 7.51. The van der Waals surface area contributed by atoms with E-state index in [4.69, 9.17) is 15.9 Å². The molecule has 7 N–H and O–H groups in total. The first kappa shape index (κ1) is 25.8. The lowest BCUT2D eigenvalue weighted by Crippen LogP contribution is -2.58. The van der Waals surface area contributed by atoms with Gasteiger partial charge in [0.25, 0.3) is 0 Å². The van der Waals surface area contributed by atoms with Gasteiger partial charge in [-0.25, -0.2) is 4.79 Å². The highest BCUT2D eigenvalue weighted by Gasteiger charge is 2.39. The van der Waals surface area contributed by atoms with E-state index in [0.717, 1.165) is 4.90 Å². The van der Waals surface area contributed by atoms with Crippen LogP contribution in [0.2, 0.25) is 0 Å². The van der Waals surface area contributed by atoms with E-state index in [1.54, 1.807) is 13.8 Å². The molecule has 4 atom stereocenters. The van der Waals surface area contributed by atoms with Gasteiger partial charge in [-0.2, -0.15) is 0 Å². The maximum atomic E-state index is 12.8. The Labute approximate surface area is 177 Å². The number of likely N-dealkylation sites (tertiary alicyclic amines) is 1. The largest absolute Gasteiger partial charge is 0.481 e. The molecular weight excluding hydrogens is 416 g/mol. The van der Waals surface area contributed by atoms with Crippen molar-refractivity contribution in [2.75, 3.05) is 6.54 Å². The highest BCUT2D eigenvalue weighted by molar-refractivity contribution is 5.97. The first-order valence-electron chi connectivity index (χ1n) is 9.68. The van der Waals surface area contributed by atoms with E-state index in [1.807, 2.05) is 0 Å². The van der Waals surface area contributed by atoms with Gasteiger partial charge in [-0.1, -0.05) is 13.8 Å². The number of hydrogen-bond acceptors (Lipinski definition) is 7. The monoisotopic (exact) mass is 444 g/mol. The topological polar surface area (TPSA) is 216 Å². The van der Waals surface area contributed by atoms with Crippen LogP contribution >= 0.6 is 0 Å². The molecule has 0 radical (unpaired) electrons. The number of carboxylic acid groups (broad SMARTS) is 3. The predicted molar refractivity (Wildman–Crippen MR) is 104 cm³/mol. The Morgan fingerprint density at radius 2 is 1.45 bits per heavy atom. The number of carbonyl (C=O) groups is 6. The zero-order valence-electron chi connectivity index (χ0n) is 17.2. The molecule has 0 bridgehead atoms. The van der Waals surface area contributed by atoms with E-state index >= 15 is 0 Å². The van der Waals surface area contributed by atoms with Gasteiger partial charge in [-0.15, -0.1) is 0 Å². The molecule has 0 aromatic rings. The number of aliphatic carboxylic acids is 3. The molecule has 1 aliphatic rings. The first-order valence-corrected chi connectivity index (χ1v) is 9.68. The molecule has 31 heavy (non-hydrogen) atoms. The van der Waals surface area contributed by atoms with Gasteiger partial charge < -0.3 is 36.6 Å². The Balaban J connectivity index is 3.03. The third-order valence-corrected chi connectivity index (χ3v) is 4.85. The molecule has 0 aliphatic carbocycles. The van der Waals surface area contributed by atoms with Crippen LogP contribution in [0.25, 0.3) is 0 Å². The van der Waals surface area contributed by atoms with Gasteiger partial charge in [-0.3, -0.25) is 24.0 Å². The molecule has 0 spiro atoms. The molecule has 3 amide bonds. The molecule has 1 heterocycles. The summed E-state index contributed by atoms with van der Waals surface area (Å²) < 4.78 is 0. The first-order chi connectivity index (χ1) is 14.3. The Kier molecular flexibility index (Phi) is 9.37. The SMILES string of the molecule is CC(C)C(N)C(=O)NC(CC(=O)O)C(=O)NC(CC(=O)O)C(=O)N1CCCC1C(=O)O. The second-order valence-electron chi connectivity index (χ2n) is 7.62. The van der Waals surface area contributed by atoms with Gasteiger partial charge in [0, 0.05) is 6.54 Å². The van der Waals surface area contributed by atoms with E-state index in [0.29, 0.717) is 6.42 Å². The van der Waals surface area contributed by atoms with Gasteiger partial charge in [0.1, 0.15) is 18.1 Å². The minimum Gasteiger partial charge on any atom is -0.481 e. The standard InChI is InChI=1S/C18H28N4O9/c1-8(2)14(19)16(28)20-9(6-12(23)24)15(27)21-10(7-13(25)26)17(29)22-5-3-4-11(22)18(30)31/h8-11,14H,3-7,19H2,1-2H3,(H,20,28)(H,21,27)(H,23,24)(H,25,26)(H,30,31). The fraction of sp³-hybridized carbons (Fsp3) is 0.667. The predicted octanol–water partition coefficient (Wildman–Crippen LogP) is -2.04. The zero-order chi connectivity index (χ0) is 23.9. The minimum atomic E-state index is -1.64. The van der Waals surface area contributed by atoms with E-state index in [2.05, 4.69) is 10.6 Å². The maximum Gasteiger partial charge on any atom is 0.326 e. The average Bonchev–Trinajstić information content (AvgIpc) is 3.14. The Morgan fingerprint density at radius 1 is 0.935 bits per heavy atom. The number of nitrogens with zero attached hydrogens (tertiary/aromatic N) is 1. The van der Waals surface area contributed by atoms with Gasteiger partial charge >= 0.3 is 17.9 Å². The molecule has 13 heteroatoms. The van der Waals surface area contributed by atoms with E-state index < -0.39 is 72.6 Å². The van der Waals surface area contributed by atoms with Crippen LogP contribution in [-0.4, -0.2) is 86.6 Å². The smallest absolute Gasteiger partial charge is 0.326 e. The van der Waals surface area contributed by atoms with E-state index in [-0.39, 0.29) is 18.9 Å². The summed E-state index contributed by atoms with van der Waals surface area (Å²) >= 11 is 0. The Hall–Kier alpha value is -3.22. The quantitative estimate of drug-likeness (QED) is 0.205. The van der Waals surface area contributed by atoms with E-state index in [9.17, 15) is 33.9 Å². The number of hydrogen-bond donors (Lipinski definition) is 6. The number of rotatable bonds is 11. The van der Waals surface area contributed by atoms with Crippen molar-refractivity contribution in [3.63, 3.8) is 0 Å². The van der Waals surface area contributed by atoms with Gasteiger partial charge in [-0.05, 0) is 18.8 Å². The van der Waals surface area contributed by atoms with Gasteiger partial charge in [0.05, 0.1) is 18.9 Å². The number of carboxylic acids is 3. The summed E-state index contributed by atoms with van der Waals surface area (Å²) in [4.78, 5) is 72.2. The third-order valence-electron chi connectivity index (χ3n) is 4.85. The number of nitrogens with two attached hydrogens (primary N) is 1. The molecule has 0 aromatic carbocycles. The number of amides is 3. The van der Waals surface area contributed by atoms with Crippen molar-refractivity contribution in [2.45, 2.75) is 63.7 Å². The Morgan fingerprint density at radius 3 is 1.94 bits per heavy atom. The zero-order valence-corrected chi connectivity index (χ0v) is 17.2. The summed E-state index contributed by atoms with van der Waals surface area (Å²) in [5.41, 5.74) is 5.70. The van der Waals surface area contributed by atoms with E-state index in [1.165, 1.54) is 0 Å². The van der Waals surface area contributed by atoms with Crippen LogP contribution in [0.3, 0.4) is 0 Å². The van der Waals surface area contributed by atoms with Crippen molar-refractivity contribution in [1.29, 1.82) is 0 Å². The highest BCUT2D eigenvalue weighted by Crippen LogP contribution is 2.19. The maximum absolute atomic E-state index is 12.8. The van der Waals surface area contributed by atoms with Crippen molar-refractivity contribution >= 4 is 35.6 Å². The van der Waals surface area contributed by atoms with Crippen LogP contribution in [0.4, 0.5) is 0 Å². The average molecular weight is 444 g/mol. The van der Waals surface area contributed by atoms with Crippen LogP contribution in [0.1, 0.15) is 39.5 Å². The van der Waals surface area contributed by atoms with Crippen molar-refractivity contribution in [3.8, 4) is 0 Å². The fourth-order valence-electron chi connectivity index (χ4n) is 3.09. The van der Waals surface area contributed by atoms with Crippen LogP contribution in [0, 0.1) is 5.92 Å². The normalized spacial score (nSPS) is 18.7. The van der Waals surface area contributed by atoms with Crippen LogP contribution in [0.5, 0.6) is 0 Å². The summed E-state index contributed by atoms with van der Waals surface area (Å²) in [5.74, 6) is -7.24. The minimum absolute atomic E-state index is 0.0698. The van der Waals surface area contributed by atoms with Gasteiger partial charge in [0.2, 0.25) is 17.7 Å². The van der Waals surface area contributed by atoms with Crippen LogP contribution < -0.4 is 16.4 Å².